The van der Waals surface area contributed by atoms with Crippen LogP contribution in [-0.2, 0) is 0 Å². The molecule has 5 aromatic rings. The van der Waals surface area contributed by atoms with E-state index in [-0.39, 0.29) is 5.56 Å². The molecule has 3 heterocycles. The lowest BCUT2D eigenvalue weighted by Gasteiger charge is -2.07. The molecule has 0 amide bonds. The quantitative estimate of drug-likeness (QED) is 0.498. The van der Waals surface area contributed by atoms with Gasteiger partial charge in [-0.15, -0.1) is 0 Å². The average molecular weight is 393 g/mol. The molecule has 138 valence electrons. The molecule has 0 saturated heterocycles. The van der Waals surface area contributed by atoms with Crippen LogP contribution in [-0.4, -0.2) is 26.9 Å². The summed E-state index contributed by atoms with van der Waals surface area (Å²) in [6.07, 6.45) is 1.60. The lowest BCUT2D eigenvalue weighted by atomic mass is 10.1. The molecule has 0 aliphatic heterocycles. The van der Waals surface area contributed by atoms with E-state index >= 15 is 0 Å². The summed E-state index contributed by atoms with van der Waals surface area (Å²) in [5, 5.41) is 9.72. The Morgan fingerprint density at radius 3 is 2.89 bits per heavy atom. The van der Waals surface area contributed by atoms with Gasteiger partial charge >= 0.3 is 0 Å². The summed E-state index contributed by atoms with van der Waals surface area (Å²) in [7, 11) is 1.54. The normalized spacial score (nSPS) is 11.4. The molecule has 0 spiro atoms. The van der Waals surface area contributed by atoms with Gasteiger partial charge in [0.2, 0.25) is 0 Å². The van der Waals surface area contributed by atoms with Crippen molar-refractivity contribution in [3.05, 3.63) is 70.1 Å². The van der Waals surface area contributed by atoms with Crippen molar-refractivity contribution in [3.63, 3.8) is 0 Å². The number of hydrogen-bond donors (Lipinski definition) is 1. The summed E-state index contributed by atoms with van der Waals surface area (Å²) in [6.45, 7) is 0. The molecule has 0 aliphatic rings. The fourth-order valence-corrected chi connectivity index (χ4v) is 3.42. The van der Waals surface area contributed by atoms with E-state index in [2.05, 4.69) is 15.2 Å². The number of methoxy groups -OCH3 is 1. The Morgan fingerprint density at radius 1 is 1.18 bits per heavy atom. The third kappa shape index (κ3) is 2.48. The number of nitrogens with zero attached hydrogens (tertiary/aromatic N) is 3. The molecule has 0 unspecified atom stereocenters. The zero-order valence-corrected chi connectivity index (χ0v) is 15.4. The first-order valence-corrected chi connectivity index (χ1v) is 8.83. The predicted molar refractivity (Wildman–Crippen MR) is 106 cm³/mol. The summed E-state index contributed by atoms with van der Waals surface area (Å²) < 4.78 is 12.0. The molecule has 8 heteroatoms. The number of benzene rings is 2. The molecular formula is C20H13ClN4O3. The fourth-order valence-electron chi connectivity index (χ4n) is 3.22. The van der Waals surface area contributed by atoms with Gasteiger partial charge in [-0.05, 0) is 24.3 Å². The van der Waals surface area contributed by atoms with Gasteiger partial charge in [0.15, 0.2) is 5.58 Å². The number of aromatic nitrogens is 4. The summed E-state index contributed by atoms with van der Waals surface area (Å²) in [6, 6.07) is 14.3. The maximum atomic E-state index is 12.6. The van der Waals surface area contributed by atoms with Crippen LogP contribution in [0.5, 0.6) is 5.75 Å². The minimum Gasteiger partial charge on any atom is -0.495 e. The maximum Gasteiger partial charge on any atom is 0.274 e. The Hall–Kier alpha value is -3.58. The van der Waals surface area contributed by atoms with Crippen LogP contribution < -0.4 is 10.3 Å². The van der Waals surface area contributed by atoms with Crippen molar-refractivity contribution in [2.75, 3.05) is 7.11 Å². The van der Waals surface area contributed by atoms with Crippen LogP contribution in [0.2, 0.25) is 5.02 Å². The van der Waals surface area contributed by atoms with E-state index in [1.54, 1.807) is 25.4 Å². The van der Waals surface area contributed by atoms with Gasteiger partial charge in [-0.25, -0.2) is 0 Å². The van der Waals surface area contributed by atoms with Gasteiger partial charge in [-0.1, -0.05) is 35.0 Å². The second kappa shape index (κ2) is 6.24. The molecule has 3 aromatic heterocycles. The molecule has 1 N–H and O–H groups in total. The summed E-state index contributed by atoms with van der Waals surface area (Å²) >= 11 is 6.11. The van der Waals surface area contributed by atoms with Crippen LogP contribution in [0.4, 0.5) is 0 Å². The van der Waals surface area contributed by atoms with Crippen LogP contribution in [0.15, 0.2) is 64.0 Å². The van der Waals surface area contributed by atoms with Gasteiger partial charge in [0.25, 0.3) is 5.56 Å². The number of ether oxygens (including phenoxy) is 1. The molecular weight excluding hydrogens is 380 g/mol. The fraction of sp³-hybridized carbons (Fsp3) is 0.0500. The molecule has 28 heavy (non-hydrogen) atoms. The van der Waals surface area contributed by atoms with Crippen LogP contribution in [0.3, 0.4) is 0 Å². The lowest BCUT2D eigenvalue weighted by molar-refractivity contribution is 0.415. The van der Waals surface area contributed by atoms with E-state index in [1.807, 2.05) is 30.3 Å². The highest BCUT2D eigenvalue weighted by atomic mass is 35.5. The smallest absolute Gasteiger partial charge is 0.274 e. The molecule has 2 aromatic carbocycles. The number of H-pyrrole nitrogens is 1. The second-order valence-corrected chi connectivity index (χ2v) is 6.62. The Morgan fingerprint density at radius 2 is 2.04 bits per heavy atom. The number of fused-ring (bicyclic) bond motifs is 2. The van der Waals surface area contributed by atoms with Crippen molar-refractivity contribution in [2.24, 2.45) is 0 Å². The molecule has 0 radical (unpaired) electrons. The van der Waals surface area contributed by atoms with Crippen molar-refractivity contribution in [1.29, 1.82) is 0 Å². The number of para-hydroxylation sites is 1. The summed E-state index contributed by atoms with van der Waals surface area (Å²) in [5.41, 5.74) is 3.59. The first-order valence-electron chi connectivity index (χ1n) is 8.45. The minimum atomic E-state index is -0.267. The van der Waals surface area contributed by atoms with Gasteiger partial charge in [0, 0.05) is 17.0 Å². The monoisotopic (exact) mass is 392 g/mol. The average Bonchev–Trinajstić information content (AvgIpc) is 3.32. The van der Waals surface area contributed by atoms with E-state index < -0.39 is 0 Å². The van der Waals surface area contributed by atoms with Gasteiger partial charge < -0.3 is 14.2 Å². The van der Waals surface area contributed by atoms with E-state index in [4.69, 9.17) is 20.9 Å². The van der Waals surface area contributed by atoms with Gasteiger partial charge in [-0.3, -0.25) is 4.79 Å². The van der Waals surface area contributed by atoms with Crippen molar-refractivity contribution in [3.8, 4) is 28.3 Å². The largest absolute Gasteiger partial charge is 0.495 e. The molecule has 0 bridgehead atoms. The van der Waals surface area contributed by atoms with E-state index in [0.29, 0.717) is 39.0 Å². The molecule has 0 fully saturated rings. The number of rotatable bonds is 3. The molecule has 7 nitrogen and oxygen atoms in total. The van der Waals surface area contributed by atoms with Crippen molar-refractivity contribution >= 4 is 28.2 Å². The van der Waals surface area contributed by atoms with Crippen LogP contribution in [0, 0.1) is 0 Å². The molecule has 5 rings (SSSR count). The highest BCUT2D eigenvalue weighted by Gasteiger charge is 2.17. The van der Waals surface area contributed by atoms with Crippen LogP contribution in [0.25, 0.3) is 39.1 Å². The lowest BCUT2D eigenvalue weighted by Crippen LogP contribution is -2.14. The zero-order valence-electron chi connectivity index (χ0n) is 14.6. The topological polar surface area (TPSA) is 85.4 Å². The number of hydrogen-bond acceptors (Lipinski definition) is 5. The minimum absolute atomic E-state index is 0.267. The standard InChI is InChI=1S/C20H13ClN4O3/c1-27-17-8-11(6-7-14(17)21)15-9-18(26)25-20(23-15)13(10-22-25)19-12-4-2-3-5-16(12)28-24-19/h2-10,23H,1H3. The van der Waals surface area contributed by atoms with Crippen LogP contribution in [0.1, 0.15) is 0 Å². The highest BCUT2D eigenvalue weighted by Crippen LogP contribution is 2.32. The predicted octanol–water partition coefficient (Wildman–Crippen LogP) is 4.16. The Kier molecular flexibility index (Phi) is 3.70. The first kappa shape index (κ1) is 16.6. The Bertz CT molecular complexity index is 1400. The third-order valence-electron chi connectivity index (χ3n) is 4.59. The molecule has 0 atom stereocenters. The second-order valence-electron chi connectivity index (χ2n) is 6.22. The third-order valence-corrected chi connectivity index (χ3v) is 4.91. The SMILES string of the molecule is COc1cc(-c2cc(=O)n3ncc(-c4noc5ccccc45)c3[nH]2)ccc1Cl. The Balaban J connectivity index is 1.75. The van der Waals surface area contributed by atoms with E-state index in [0.717, 1.165) is 10.9 Å². The number of halogens is 1. The maximum absolute atomic E-state index is 12.6. The van der Waals surface area contributed by atoms with E-state index in [1.165, 1.54) is 10.6 Å². The van der Waals surface area contributed by atoms with Gasteiger partial charge in [0.1, 0.15) is 17.1 Å². The van der Waals surface area contributed by atoms with Gasteiger partial charge in [-0.2, -0.15) is 9.61 Å². The number of aromatic amines is 1. The Labute approximate surface area is 163 Å². The molecule has 0 aliphatic carbocycles. The van der Waals surface area contributed by atoms with E-state index in [9.17, 15) is 4.79 Å². The summed E-state index contributed by atoms with van der Waals surface area (Å²) in [4.78, 5) is 15.9. The van der Waals surface area contributed by atoms with Crippen molar-refractivity contribution < 1.29 is 9.26 Å². The van der Waals surface area contributed by atoms with Crippen molar-refractivity contribution in [1.82, 2.24) is 19.8 Å². The summed E-state index contributed by atoms with van der Waals surface area (Å²) in [5.74, 6) is 0.524. The number of nitrogens with one attached hydrogen (secondary N) is 1. The highest BCUT2D eigenvalue weighted by molar-refractivity contribution is 6.32. The van der Waals surface area contributed by atoms with Crippen molar-refractivity contribution in [2.45, 2.75) is 0 Å². The zero-order chi connectivity index (χ0) is 19.3. The first-order chi connectivity index (χ1) is 13.7. The van der Waals surface area contributed by atoms with Crippen LogP contribution >= 0.6 is 11.6 Å². The molecule has 0 saturated carbocycles. The van der Waals surface area contributed by atoms with Gasteiger partial charge in [0.05, 0.1) is 29.6 Å².